The second-order valence-electron chi connectivity index (χ2n) is 4.53. The van der Waals surface area contributed by atoms with Crippen LogP contribution in [0.4, 0.5) is 0 Å². The third-order valence-corrected chi connectivity index (χ3v) is 3.04. The van der Waals surface area contributed by atoms with Crippen molar-refractivity contribution in [2.45, 2.75) is 26.4 Å². The van der Waals surface area contributed by atoms with Gasteiger partial charge in [0.15, 0.2) is 0 Å². The van der Waals surface area contributed by atoms with Crippen molar-refractivity contribution in [3.05, 3.63) is 60.2 Å². The predicted octanol–water partition coefficient (Wildman–Crippen LogP) is 4.32. The maximum Gasteiger partial charge on any atom is 0.0587 e. The summed E-state index contributed by atoms with van der Waals surface area (Å²) in [6, 6.07) is 19.2. The molecule has 0 aliphatic heterocycles. The SMILES string of the molecule is CCOC(C)Cc1ccc(-c2ccccc2)cc1. The molecule has 1 nitrogen and oxygen atoms in total. The van der Waals surface area contributed by atoms with Gasteiger partial charge in [0, 0.05) is 6.61 Å². The minimum atomic E-state index is 0.289. The summed E-state index contributed by atoms with van der Waals surface area (Å²) in [5.74, 6) is 0. The van der Waals surface area contributed by atoms with Crippen LogP contribution in [-0.4, -0.2) is 12.7 Å². The molecule has 0 saturated carbocycles. The quantitative estimate of drug-likeness (QED) is 0.756. The van der Waals surface area contributed by atoms with Gasteiger partial charge in [-0.3, -0.25) is 0 Å². The van der Waals surface area contributed by atoms with Crippen LogP contribution in [0.25, 0.3) is 11.1 Å². The first-order chi connectivity index (χ1) is 8.79. The van der Waals surface area contributed by atoms with E-state index in [0.29, 0.717) is 0 Å². The van der Waals surface area contributed by atoms with Gasteiger partial charge in [-0.05, 0) is 37.0 Å². The summed E-state index contributed by atoms with van der Waals surface area (Å²) in [4.78, 5) is 0. The fraction of sp³-hybridized carbons (Fsp3) is 0.294. The van der Waals surface area contributed by atoms with Crippen LogP contribution in [0.2, 0.25) is 0 Å². The zero-order chi connectivity index (χ0) is 12.8. The van der Waals surface area contributed by atoms with Crippen LogP contribution in [-0.2, 0) is 11.2 Å². The Labute approximate surface area is 109 Å². The summed E-state index contributed by atoms with van der Waals surface area (Å²) < 4.78 is 5.56. The molecule has 18 heavy (non-hydrogen) atoms. The molecular formula is C17H20O. The molecule has 0 aromatic heterocycles. The monoisotopic (exact) mass is 240 g/mol. The predicted molar refractivity (Wildman–Crippen MR) is 76.7 cm³/mol. The van der Waals surface area contributed by atoms with E-state index in [1.807, 2.05) is 13.0 Å². The van der Waals surface area contributed by atoms with Crippen molar-refractivity contribution >= 4 is 0 Å². The number of ether oxygens (including phenoxy) is 1. The Kier molecular flexibility index (Phi) is 4.54. The molecule has 0 aliphatic rings. The van der Waals surface area contributed by atoms with E-state index < -0.39 is 0 Å². The molecule has 0 bridgehead atoms. The van der Waals surface area contributed by atoms with Crippen molar-refractivity contribution in [2.24, 2.45) is 0 Å². The minimum absolute atomic E-state index is 0.289. The highest BCUT2D eigenvalue weighted by Crippen LogP contribution is 2.19. The summed E-state index contributed by atoms with van der Waals surface area (Å²) in [5.41, 5.74) is 3.86. The Balaban J connectivity index is 2.06. The second-order valence-corrected chi connectivity index (χ2v) is 4.53. The van der Waals surface area contributed by atoms with Gasteiger partial charge in [-0.2, -0.15) is 0 Å². The van der Waals surface area contributed by atoms with Crippen LogP contribution in [0, 0.1) is 0 Å². The molecular weight excluding hydrogens is 220 g/mol. The van der Waals surface area contributed by atoms with E-state index in [4.69, 9.17) is 4.74 Å². The lowest BCUT2D eigenvalue weighted by molar-refractivity contribution is 0.0768. The van der Waals surface area contributed by atoms with E-state index in [1.54, 1.807) is 0 Å². The summed E-state index contributed by atoms with van der Waals surface area (Å²) in [6.07, 6.45) is 1.26. The minimum Gasteiger partial charge on any atom is -0.378 e. The Bertz CT molecular complexity index is 459. The highest BCUT2D eigenvalue weighted by atomic mass is 16.5. The normalized spacial score (nSPS) is 12.3. The second kappa shape index (κ2) is 6.36. The Morgan fingerprint density at radius 3 is 2.11 bits per heavy atom. The molecule has 0 spiro atoms. The van der Waals surface area contributed by atoms with E-state index in [2.05, 4.69) is 55.5 Å². The molecule has 94 valence electrons. The lowest BCUT2D eigenvalue weighted by Gasteiger charge is -2.11. The lowest BCUT2D eigenvalue weighted by atomic mass is 10.0. The zero-order valence-corrected chi connectivity index (χ0v) is 11.1. The highest BCUT2D eigenvalue weighted by molar-refractivity contribution is 5.63. The third-order valence-electron chi connectivity index (χ3n) is 3.04. The van der Waals surface area contributed by atoms with Crippen molar-refractivity contribution in [3.63, 3.8) is 0 Å². The first-order valence-electron chi connectivity index (χ1n) is 6.55. The van der Waals surface area contributed by atoms with Crippen LogP contribution < -0.4 is 0 Å². The fourth-order valence-electron chi connectivity index (χ4n) is 2.14. The van der Waals surface area contributed by atoms with Crippen LogP contribution in [0.15, 0.2) is 54.6 Å². The molecule has 0 fully saturated rings. The van der Waals surface area contributed by atoms with Crippen molar-refractivity contribution in [1.82, 2.24) is 0 Å². The Hall–Kier alpha value is -1.60. The number of hydrogen-bond acceptors (Lipinski definition) is 1. The van der Waals surface area contributed by atoms with E-state index in [9.17, 15) is 0 Å². The van der Waals surface area contributed by atoms with Gasteiger partial charge in [0.05, 0.1) is 6.10 Å². The average Bonchev–Trinajstić information content (AvgIpc) is 2.41. The van der Waals surface area contributed by atoms with Gasteiger partial charge in [0.25, 0.3) is 0 Å². The lowest BCUT2D eigenvalue weighted by Crippen LogP contribution is -2.11. The molecule has 1 atom stereocenters. The van der Waals surface area contributed by atoms with E-state index >= 15 is 0 Å². The third kappa shape index (κ3) is 3.44. The van der Waals surface area contributed by atoms with Crippen molar-refractivity contribution in [2.75, 3.05) is 6.61 Å². The molecule has 1 heteroatoms. The average molecular weight is 240 g/mol. The van der Waals surface area contributed by atoms with Gasteiger partial charge >= 0.3 is 0 Å². The van der Waals surface area contributed by atoms with Crippen molar-refractivity contribution in [3.8, 4) is 11.1 Å². The van der Waals surface area contributed by atoms with Crippen molar-refractivity contribution < 1.29 is 4.74 Å². The van der Waals surface area contributed by atoms with E-state index in [-0.39, 0.29) is 6.10 Å². The standard InChI is InChI=1S/C17H20O/c1-3-18-14(2)13-15-9-11-17(12-10-15)16-7-5-4-6-8-16/h4-12,14H,3,13H2,1-2H3. The van der Waals surface area contributed by atoms with Gasteiger partial charge in [-0.1, -0.05) is 54.6 Å². The molecule has 2 rings (SSSR count). The van der Waals surface area contributed by atoms with Crippen LogP contribution in [0.5, 0.6) is 0 Å². The molecule has 0 radical (unpaired) electrons. The summed E-state index contributed by atoms with van der Waals surface area (Å²) >= 11 is 0. The van der Waals surface area contributed by atoms with Crippen LogP contribution in [0.1, 0.15) is 19.4 Å². The Morgan fingerprint density at radius 2 is 1.50 bits per heavy atom. The van der Waals surface area contributed by atoms with Gasteiger partial charge in [-0.15, -0.1) is 0 Å². The van der Waals surface area contributed by atoms with E-state index in [0.717, 1.165) is 13.0 Å². The van der Waals surface area contributed by atoms with Gasteiger partial charge < -0.3 is 4.74 Å². The largest absolute Gasteiger partial charge is 0.378 e. The van der Waals surface area contributed by atoms with Crippen LogP contribution in [0.3, 0.4) is 0 Å². The molecule has 2 aromatic rings. The van der Waals surface area contributed by atoms with Gasteiger partial charge in [-0.25, -0.2) is 0 Å². The topological polar surface area (TPSA) is 9.23 Å². The fourth-order valence-corrected chi connectivity index (χ4v) is 2.14. The summed E-state index contributed by atoms with van der Waals surface area (Å²) in [6.45, 7) is 4.94. The summed E-state index contributed by atoms with van der Waals surface area (Å²) in [5, 5.41) is 0. The van der Waals surface area contributed by atoms with Gasteiger partial charge in [0.2, 0.25) is 0 Å². The summed E-state index contributed by atoms with van der Waals surface area (Å²) in [7, 11) is 0. The number of benzene rings is 2. The molecule has 0 heterocycles. The number of rotatable bonds is 5. The molecule has 2 aromatic carbocycles. The first-order valence-corrected chi connectivity index (χ1v) is 6.55. The van der Waals surface area contributed by atoms with Crippen molar-refractivity contribution in [1.29, 1.82) is 0 Å². The zero-order valence-electron chi connectivity index (χ0n) is 11.1. The van der Waals surface area contributed by atoms with Gasteiger partial charge in [0.1, 0.15) is 0 Å². The highest BCUT2D eigenvalue weighted by Gasteiger charge is 2.03. The molecule has 1 unspecified atom stereocenters. The molecule has 0 N–H and O–H groups in total. The number of hydrogen-bond donors (Lipinski definition) is 0. The first kappa shape index (κ1) is 12.8. The molecule has 0 amide bonds. The maximum atomic E-state index is 5.56. The Morgan fingerprint density at radius 1 is 0.889 bits per heavy atom. The molecule has 0 aliphatic carbocycles. The van der Waals surface area contributed by atoms with Crippen LogP contribution >= 0.6 is 0 Å². The smallest absolute Gasteiger partial charge is 0.0587 e. The molecule has 0 saturated heterocycles. The maximum absolute atomic E-state index is 5.56. The van der Waals surface area contributed by atoms with E-state index in [1.165, 1.54) is 16.7 Å².